The van der Waals surface area contributed by atoms with Crippen LogP contribution in [0.25, 0.3) is 11.1 Å². The Labute approximate surface area is 95.9 Å². The number of hydrogen-bond donors (Lipinski definition) is 0. The van der Waals surface area contributed by atoms with E-state index in [9.17, 15) is 0 Å². The number of hydrogen-bond acceptors (Lipinski definition) is 2. The van der Waals surface area contributed by atoms with Crippen LogP contribution in [0, 0.1) is 0 Å². The third-order valence-electron chi connectivity index (χ3n) is 2.58. The number of aryl methyl sites for hydroxylation is 1. The first-order valence-corrected chi connectivity index (χ1v) is 5.44. The lowest BCUT2D eigenvalue weighted by Gasteiger charge is -2.08. The lowest BCUT2D eigenvalue weighted by Crippen LogP contribution is -1.95. The zero-order valence-corrected chi connectivity index (χ0v) is 9.60. The second-order valence-corrected chi connectivity index (χ2v) is 3.57. The minimum Gasteiger partial charge on any atom is -0.481 e. The minimum absolute atomic E-state index is 0.677. The van der Waals surface area contributed by atoms with Gasteiger partial charge in [-0.2, -0.15) is 0 Å². The maximum atomic E-state index is 5.14. The van der Waals surface area contributed by atoms with Crippen molar-refractivity contribution in [1.29, 1.82) is 0 Å². The molecule has 2 nitrogen and oxygen atoms in total. The molecule has 1 aromatic carbocycles. The summed E-state index contributed by atoms with van der Waals surface area (Å²) in [6.07, 6.45) is 0.904. The van der Waals surface area contributed by atoms with Crippen molar-refractivity contribution in [2.24, 2.45) is 0 Å². The van der Waals surface area contributed by atoms with Crippen molar-refractivity contribution in [2.75, 3.05) is 7.11 Å². The molecule has 0 bridgehead atoms. The summed E-state index contributed by atoms with van der Waals surface area (Å²) >= 11 is 0. The number of benzene rings is 1. The smallest absolute Gasteiger partial charge is 0.213 e. The van der Waals surface area contributed by atoms with Crippen molar-refractivity contribution < 1.29 is 4.74 Å². The molecule has 0 fully saturated rings. The van der Waals surface area contributed by atoms with Gasteiger partial charge in [0, 0.05) is 11.6 Å². The SMILES string of the molecule is CCc1nc(OC)ccc1-c1ccccc1. The molecule has 2 aromatic rings. The third-order valence-corrected chi connectivity index (χ3v) is 2.58. The predicted octanol–water partition coefficient (Wildman–Crippen LogP) is 3.32. The topological polar surface area (TPSA) is 22.1 Å². The molecule has 1 aromatic heterocycles. The molecule has 2 heteroatoms. The standard InChI is InChI=1S/C14H15NO/c1-3-13-12(9-10-14(15-13)16-2)11-7-5-4-6-8-11/h4-10H,3H2,1-2H3. The summed E-state index contributed by atoms with van der Waals surface area (Å²) in [5.74, 6) is 0.677. The average molecular weight is 213 g/mol. The van der Waals surface area contributed by atoms with Gasteiger partial charge in [0.2, 0.25) is 5.88 Å². The highest BCUT2D eigenvalue weighted by Crippen LogP contribution is 2.24. The van der Waals surface area contributed by atoms with Gasteiger partial charge in [-0.15, -0.1) is 0 Å². The Hall–Kier alpha value is -1.83. The molecular weight excluding hydrogens is 198 g/mol. The number of ether oxygens (including phenoxy) is 1. The highest BCUT2D eigenvalue weighted by atomic mass is 16.5. The molecule has 0 radical (unpaired) electrons. The summed E-state index contributed by atoms with van der Waals surface area (Å²) in [4.78, 5) is 4.46. The van der Waals surface area contributed by atoms with Crippen molar-refractivity contribution in [2.45, 2.75) is 13.3 Å². The fraction of sp³-hybridized carbons (Fsp3) is 0.214. The summed E-state index contributed by atoms with van der Waals surface area (Å²) in [5, 5.41) is 0. The number of aromatic nitrogens is 1. The van der Waals surface area contributed by atoms with Crippen LogP contribution in [-0.2, 0) is 6.42 Å². The van der Waals surface area contributed by atoms with E-state index in [-0.39, 0.29) is 0 Å². The fourth-order valence-electron chi connectivity index (χ4n) is 1.75. The van der Waals surface area contributed by atoms with Crippen LogP contribution in [0.2, 0.25) is 0 Å². The van der Waals surface area contributed by atoms with Gasteiger partial charge in [-0.05, 0) is 18.1 Å². The van der Waals surface area contributed by atoms with E-state index in [1.807, 2.05) is 24.3 Å². The normalized spacial score (nSPS) is 10.1. The van der Waals surface area contributed by atoms with Gasteiger partial charge in [0.25, 0.3) is 0 Å². The van der Waals surface area contributed by atoms with Crippen LogP contribution in [0.15, 0.2) is 42.5 Å². The van der Waals surface area contributed by atoms with Crippen LogP contribution in [-0.4, -0.2) is 12.1 Å². The highest BCUT2D eigenvalue weighted by molar-refractivity contribution is 5.66. The first-order chi connectivity index (χ1) is 7.85. The maximum Gasteiger partial charge on any atom is 0.213 e. The first kappa shape index (κ1) is 10.7. The van der Waals surface area contributed by atoms with Crippen molar-refractivity contribution in [3.8, 4) is 17.0 Å². The van der Waals surface area contributed by atoms with Gasteiger partial charge in [-0.1, -0.05) is 37.3 Å². The molecule has 16 heavy (non-hydrogen) atoms. The molecule has 0 atom stereocenters. The number of methoxy groups -OCH3 is 1. The average Bonchev–Trinajstić information content (AvgIpc) is 2.39. The molecule has 0 spiro atoms. The first-order valence-electron chi connectivity index (χ1n) is 5.44. The van der Waals surface area contributed by atoms with E-state index < -0.39 is 0 Å². The highest BCUT2D eigenvalue weighted by Gasteiger charge is 2.06. The van der Waals surface area contributed by atoms with E-state index in [4.69, 9.17) is 4.74 Å². The number of nitrogens with zero attached hydrogens (tertiary/aromatic N) is 1. The molecule has 1 heterocycles. The zero-order valence-electron chi connectivity index (χ0n) is 9.60. The van der Waals surface area contributed by atoms with Crippen LogP contribution < -0.4 is 4.74 Å². The molecule has 0 saturated carbocycles. The van der Waals surface area contributed by atoms with Gasteiger partial charge in [0.05, 0.1) is 12.8 Å². The van der Waals surface area contributed by atoms with Crippen molar-refractivity contribution >= 4 is 0 Å². The second-order valence-electron chi connectivity index (χ2n) is 3.57. The van der Waals surface area contributed by atoms with Gasteiger partial charge >= 0.3 is 0 Å². The number of rotatable bonds is 3. The van der Waals surface area contributed by atoms with Crippen LogP contribution in [0.3, 0.4) is 0 Å². The molecule has 2 rings (SSSR count). The Kier molecular flexibility index (Phi) is 3.20. The third kappa shape index (κ3) is 2.06. The Morgan fingerprint density at radius 1 is 1.06 bits per heavy atom. The van der Waals surface area contributed by atoms with Crippen molar-refractivity contribution in [1.82, 2.24) is 4.98 Å². The molecule has 0 saturated heterocycles. The molecule has 0 aliphatic rings. The van der Waals surface area contributed by atoms with Crippen molar-refractivity contribution in [3.63, 3.8) is 0 Å². The van der Waals surface area contributed by atoms with E-state index in [1.165, 1.54) is 11.1 Å². The summed E-state index contributed by atoms with van der Waals surface area (Å²) in [6.45, 7) is 2.11. The van der Waals surface area contributed by atoms with Gasteiger partial charge in [-0.3, -0.25) is 0 Å². The molecule has 0 unspecified atom stereocenters. The van der Waals surface area contributed by atoms with E-state index in [0.717, 1.165) is 12.1 Å². The van der Waals surface area contributed by atoms with Gasteiger partial charge in [0.1, 0.15) is 0 Å². The van der Waals surface area contributed by atoms with Gasteiger partial charge in [-0.25, -0.2) is 4.98 Å². The Morgan fingerprint density at radius 3 is 2.44 bits per heavy atom. The van der Waals surface area contributed by atoms with Crippen LogP contribution in [0.1, 0.15) is 12.6 Å². The summed E-state index contributed by atoms with van der Waals surface area (Å²) in [6, 6.07) is 14.3. The fourth-order valence-corrected chi connectivity index (χ4v) is 1.75. The minimum atomic E-state index is 0.677. The lowest BCUT2D eigenvalue weighted by molar-refractivity contribution is 0.396. The summed E-state index contributed by atoms with van der Waals surface area (Å²) < 4.78 is 5.14. The van der Waals surface area contributed by atoms with Crippen molar-refractivity contribution in [3.05, 3.63) is 48.2 Å². The summed E-state index contributed by atoms with van der Waals surface area (Å²) in [5.41, 5.74) is 3.46. The maximum absolute atomic E-state index is 5.14. The second kappa shape index (κ2) is 4.79. The number of pyridine rings is 1. The Morgan fingerprint density at radius 2 is 1.81 bits per heavy atom. The molecule has 82 valence electrons. The Bertz CT molecular complexity index is 465. The lowest BCUT2D eigenvalue weighted by atomic mass is 10.0. The van der Waals surface area contributed by atoms with E-state index in [0.29, 0.717) is 5.88 Å². The monoisotopic (exact) mass is 213 g/mol. The van der Waals surface area contributed by atoms with E-state index in [1.54, 1.807) is 7.11 Å². The van der Waals surface area contributed by atoms with Gasteiger partial charge < -0.3 is 4.74 Å². The van der Waals surface area contributed by atoms with Crippen LogP contribution in [0.4, 0.5) is 0 Å². The molecule has 0 aliphatic carbocycles. The summed E-state index contributed by atoms with van der Waals surface area (Å²) in [7, 11) is 1.64. The predicted molar refractivity (Wildman–Crippen MR) is 65.6 cm³/mol. The molecule has 0 amide bonds. The van der Waals surface area contributed by atoms with Crippen LogP contribution in [0.5, 0.6) is 5.88 Å². The quantitative estimate of drug-likeness (QED) is 0.780. The van der Waals surface area contributed by atoms with E-state index in [2.05, 4.69) is 30.1 Å². The van der Waals surface area contributed by atoms with Gasteiger partial charge in [0.15, 0.2) is 0 Å². The molecule has 0 N–H and O–H groups in total. The molecular formula is C14H15NO. The largest absolute Gasteiger partial charge is 0.481 e. The zero-order chi connectivity index (χ0) is 11.4. The van der Waals surface area contributed by atoms with Crippen LogP contribution >= 0.6 is 0 Å². The molecule has 0 aliphatic heterocycles. The Balaban J connectivity index is 2.49. The van der Waals surface area contributed by atoms with E-state index >= 15 is 0 Å².